The van der Waals surface area contributed by atoms with Crippen molar-refractivity contribution in [3.8, 4) is 0 Å². The number of unbranched alkanes of at least 4 members (excludes halogenated alkanes) is 1. The van der Waals surface area contributed by atoms with E-state index in [0.29, 0.717) is 6.42 Å². The number of ether oxygens (including phenoxy) is 1. The van der Waals surface area contributed by atoms with Gasteiger partial charge in [-0.25, -0.2) is 9.36 Å². The van der Waals surface area contributed by atoms with Crippen LogP contribution in [-0.4, -0.2) is 25.8 Å². The van der Waals surface area contributed by atoms with E-state index in [1.165, 1.54) is 0 Å². The Hall–Kier alpha value is -0.840. The van der Waals surface area contributed by atoms with Gasteiger partial charge >= 0.3 is 13.7 Å². The van der Waals surface area contributed by atoms with Crippen molar-refractivity contribution in [1.29, 1.82) is 0 Å². The van der Waals surface area contributed by atoms with Crippen LogP contribution in [0.2, 0.25) is 0 Å². The molecular formula is C12H24NO5P. The maximum Gasteiger partial charge on any atom is 0.432 e. The summed E-state index contributed by atoms with van der Waals surface area (Å²) in [5.41, 5.74) is 0.119. The molecule has 112 valence electrons. The fourth-order valence-corrected chi connectivity index (χ4v) is 2.62. The molecule has 0 unspecified atom stereocenters. The summed E-state index contributed by atoms with van der Waals surface area (Å²) in [4.78, 5) is 11.8. The standard InChI is InChI=1S/C12H24NO5P/c1-5-9-10-11(12(14)16-6-2)13-19(15,17-7-3)18-8-4/h10H,5-9H2,1-4H3,(H,13,15)/b11-10-. The van der Waals surface area contributed by atoms with Crippen molar-refractivity contribution in [2.75, 3.05) is 19.8 Å². The lowest BCUT2D eigenvalue weighted by atomic mass is 10.3. The van der Waals surface area contributed by atoms with E-state index >= 15 is 0 Å². The maximum absolute atomic E-state index is 12.3. The van der Waals surface area contributed by atoms with Crippen LogP contribution in [0, 0.1) is 0 Å². The summed E-state index contributed by atoms with van der Waals surface area (Å²) in [5.74, 6) is -0.560. The van der Waals surface area contributed by atoms with Crippen molar-refractivity contribution in [3.63, 3.8) is 0 Å². The van der Waals surface area contributed by atoms with Crippen molar-refractivity contribution in [1.82, 2.24) is 5.09 Å². The van der Waals surface area contributed by atoms with Gasteiger partial charge in [-0.2, -0.15) is 0 Å². The number of carbonyl (C=O) groups excluding carboxylic acids is 1. The normalized spacial score (nSPS) is 12.3. The molecule has 0 spiro atoms. The van der Waals surface area contributed by atoms with Crippen LogP contribution in [0.15, 0.2) is 11.8 Å². The van der Waals surface area contributed by atoms with Gasteiger partial charge in [0.25, 0.3) is 0 Å². The lowest BCUT2D eigenvalue weighted by Crippen LogP contribution is -2.22. The van der Waals surface area contributed by atoms with Crippen LogP contribution < -0.4 is 5.09 Å². The van der Waals surface area contributed by atoms with Crippen LogP contribution in [0.5, 0.6) is 0 Å². The SMILES string of the molecule is CCC/C=C(\NP(=O)(OCC)OCC)C(=O)OCC. The van der Waals surface area contributed by atoms with Gasteiger partial charge in [0.05, 0.1) is 19.8 Å². The van der Waals surface area contributed by atoms with Gasteiger partial charge in [-0.05, 0) is 27.2 Å². The van der Waals surface area contributed by atoms with Gasteiger partial charge in [0, 0.05) is 0 Å². The first kappa shape index (κ1) is 18.2. The zero-order valence-corrected chi connectivity index (χ0v) is 13.0. The van der Waals surface area contributed by atoms with Gasteiger partial charge in [0.2, 0.25) is 0 Å². The quantitative estimate of drug-likeness (QED) is 0.379. The Kier molecular flexibility index (Phi) is 9.57. The number of hydrogen-bond acceptors (Lipinski definition) is 5. The summed E-state index contributed by atoms with van der Waals surface area (Å²) in [6.07, 6.45) is 3.17. The van der Waals surface area contributed by atoms with Gasteiger partial charge in [0.15, 0.2) is 0 Å². The zero-order valence-electron chi connectivity index (χ0n) is 12.1. The fourth-order valence-electron chi connectivity index (χ4n) is 1.26. The van der Waals surface area contributed by atoms with Crippen molar-refractivity contribution in [2.45, 2.75) is 40.5 Å². The molecule has 1 N–H and O–H groups in total. The highest BCUT2D eigenvalue weighted by molar-refractivity contribution is 7.51. The van der Waals surface area contributed by atoms with E-state index in [1.54, 1.807) is 26.8 Å². The topological polar surface area (TPSA) is 73.9 Å². The van der Waals surface area contributed by atoms with Gasteiger partial charge in [-0.15, -0.1) is 0 Å². The Balaban J connectivity index is 4.95. The fraction of sp³-hybridized carbons (Fsp3) is 0.750. The van der Waals surface area contributed by atoms with Crippen molar-refractivity contribution in [3.05, 3.63) is 11.8 Å². The lowest BCUT2D eigenvalue weighted by Gasteiger charge is -2.19. The summed E-state index contributed by atoms with van der Waals surface area (Å²) in [6, 6.07) is 0. The highest BCUT2D eigenvalue weighted by Gasteiger charge is 2.27. The number of hydrogen-bond donors (Lipinski definition) is 1. The van der Waals surface area contributed by atoms with Gasteiger partial charge in [-0.1, -0.05) is 19.4 Å². The number of nitrogens with one attached hydrogen (secondary N) is 1. The number of esters is 1. The Morgan fingerprint density at radius 3 is 2.11 bits per heavy atom. The highest BCUT2D eigenvalue weighted by atomic mass is 31.2. The Morgan fingerprint density at radius 1 is 1.11 bits per heavy atom. The second-order valence-electron chi connectivity index (χ2n) is 3.57. The number of allylic oxidation sites excluding steroid dienone is 1. The molecule has 0 radical (unpaired) electrons. The largest absolute Gasteiger partial charge is 0.461 e. The molecule has 6 nitrogen and oxygen atoms in total. The van der Waals surface area contributed by atoms with Crippen molar-refractivity contribution >= 4 is 13.7 Å². The minimum atomic E-state index is -3.51. The third kappa shape index (κ3) is 7.35. The maximum atomic E-state index is 12.3. The molecule has 0 aromatic heterocycles. The predicted molar refractivity (Wildman–Crippen MR) is 73.6 cm³/mol. The Morgan fingerprint density at radius 2 is 1.68 bits per heavy atom. The van der Waals surface area contributed by atoms with Crippen molar-refractivity contribution < 1.29 is 23.1 Å². The molecule has 0 aliphatic rings. The molecule has 0 bridgehead atoms. The highest BCUT2D eigenvalue weighted by Crippen LogP contribution is 2.44. The van der Waals surface area contributed by atoms with E-state index in [9.17, 15) is 9.36 Å². The molecule has 0 heterocycles. The first-order valence-corrected chi connectivity index (χ1v) is 8.11. The van der Waals surface area contributed by atoms with E-state index in [1.807, 2.05) is 6.92 Å². The molecule has 0 aromatic carbocycles. The first-order valence-electron chi connectivity index (χ1n) is 6.57. The molecular weight excluding hydrogens is 269 g/mol. The van der Waals surface area contributed by atoms with Gasteiger partial charge in [0.1, 0.15) is 5.70 Å². The molecule has 7 heteroatoms. The average molecular weight is 293 g/mol. The van der Waals surface area contributed by atoms with E-state index in [2.05, 4.69) is 5.09 Å². The summed E-state index contributed by atoms with van der Waals surface area (Å²) in [5, 5.41) is 2.55. The Labute approximate surface area is 115 Å². The number of rotatable bonds is 10. The summed E-state index contributed by atoms with van der Waals surface area (Å²) in [7, 11) is -3.51. The molecule has 0 aliphatic carbocycles. The van der Waals surface area contributed by atoms with E-state index < -0.39 is 13.7 Å². The third-order valence-electron chi connectivity index (χ3n) is 1.99. The van der Waals surface area contributed by atoms with Crippen LogP contribution in [0.1, 0.15) is 40.5 Å². The molecule has 0 saturated carbocycles. The molecule has 19 heavy (non-hydrogen) atoms. The lowest BCUT2D eigenvalue weighted by molar-refractivity contribution is -0.138. The zero-order chi connectivity index (χ0) is 14.7. The predicted octanol–water partition coefficient (Wildman–Crippen LogP) is 3.00. The Bertz CT molecular complexity index is 333. The summed E-state index contributed by atoms with van der Waals surface area (Å²) < 4.78 is 27.4. The minimum absolute atomic E-state index is 0.119. The second-order valence-corrected chi connectivity index (χ2v) is 5.31. The molecule has 0 atom stereocenters. The van der Waals surface area contributed by atoms with Crippen molar-refractivity contribution in [2.24, 2.45) is 0 Å². The summed E-state index contributed by atoms with van der Waals surface area (Å²) >= 11 is 0. The monoisotopic (exact) mass is 293 g/mol. The van der Waals surface area contributed by atoms with Crippen LogP contribution in [0.4, 0.5) is 0 Å². The molecule has 0 aliphatic heterocycles. The minimum Gasteiger partial charge on any atom is -0.461 e. The third-order valence-corrected chi connectivity index (χ3v) is 3.70. The molecule has 0 amide bonds. The van der Waals surface area contributed by atoms with Gasteiger partial charge < -0.3 is 4.74 Å². The summed E-state index contributed by atoms with van der Waals surface area (Å²) in [6.45, 7) is 7.77. The smallest absolute Gasteiger partial charge is 0.432 e. The first-order chi connectivity index (χ1) is 9.02. The second kappa shape index (κ2) is 10.0. The molecule has 0 rings (SSSR count). The van der Waals surface area contributed by atoms with Crippen LogP contribution in [0.25, 0.3) is 0 Å². The van der Waals surface area contributed by atoms with E-state index in [0.717, 1.165) is 6.42 Å². The molecule has 0 fully saturated rings. The van der Waals surface area contributed by atoms with Crippen LogP contribution >= 0.6 is 7.75 Å². The molecule has 0 saturated heterocycles. The number of carbonyl (C=O) groups is 1. The van der Waals surface area contributed by atoms with Gasteiger partial charge in [-0.3, -0.25) is 14.1 Å². The molecule has 0 aromatic rings. The average Bonchev–Trinajstić information content (AvgIpc) is 2.35. The van der Waals surface area contributed by atoms with E-state index in [4.69, 9.17) is 13.8 Å². The van der Waals surface area contributed by atoms with Crippen LogP contribution in [-0.2, 0) is 23.1 Å². The van der Waals surface area contributed by atoms with Crippen LogP contribution in [0.3, 0.4) is 0 Å². The van der Waals surface area contributed by atoms with E-state index in [-0.39, 0.29) is 25.5 Å².